The predicted molar refractivity (Wildman–Crippen MR) is 94.1 cm³/mol. The molecule has 0 aromatic carbocycles. The zero-order valence-electron chi connectivity index (χ0n) is 14.2. The largest absolute Gasteiger partial charge is 0.178 e. The van der Waals surface area contributed by atoms with Gasteiger partial charge in [-0.25, -0.2) is 0 Å². The summed E-state index contributed by atoms with van der Waals surface area (Å²) in [6.07, 6.45) is 18.6. The molecule has 3 heteroatoms. The molecule has 0 N–H and O–H groups in total. The molecule has 0 radical (unpaired) electrons. The summed E-state index contributed by atoms with van der Waals surface area (Å²) in [6.45, 7) is 4.55. The van der Waals surface area contributed by atoms with E-state index in [-0.39, 0.29) is 0 Å². The van der Waals surface area contributed by atoms with Crippen LogP contribution in [0.25, 0.3) is 0 Å². The van der Waals surface area contributed by atoms with Crippen molar-refractivity contribution < 1.29 is 0 Å². The molecular weight excluding hydrogens is 276 g/mol. The molecule has 0 saturated heterocycles. The summed E-state index contributed by atoms with van der Waals surface area (Å²) in [5.74, 6) is 0. The number of unbranched alkanes of at least 4 members (excludes halogenated alkanes) is 10. The monoisotopic (exact) mass is 310 g/mol. The number of hydrogen-bond acceptors (Lipinski definition) is 3. The molecule has 0 unspecified atom stereocenters. The van der Waals surface area contributed by atoms with Crippen LogP contribution in [0.2, 0.25) is 0 Å². The molecule has 0 aliphatic rings. The number of aromatic nitrogens is 2. The Hall–Kier alpha value is -0.440. The van der Waals surface area contributed by atoms with E-state index in [0.717, 1.165) is 12.8 Å². The van der Waals surface area contributed by atoms with Crippen molar-refractivity contribution in [1.29, 1.82) is 0 Å². The molecule has 0 spiro atoms. The van der Waals surface area contributed by atoms with E-state index in [2.05, 4.69) is 22.6 Å². The fourth-order valence-electron chi connectivity index (χ4n) is 2.75. The van der Waals surface area contributed by atoms with Gasteiger partial charge < -0.3 is 0 Å². The highest BCUT2D eigenvalue weighted by molar-refractivity contribution is 6.99. The molecule has 0 aliphatic heterocycles. The second kappa shape index (κ2) is 13.2. The lowest BCUT2D eigenvalue weighted by Crippen LogP contribution is -1.95. The maximum atomic E-state index is 4.51. The Morgan fingerprint density at radius 1 is 0.571 bits per heavy atom. The van der Waals surface area contributed by atoms with Gasteiger partial charge in [-0.1, -0.05) is 78.1 Å². The fourth-order valence-corrected chi connectivity index (χ4v) is 3.38. The van der Waals surface area contributed by atoms with E-state index in [4.69, 9.17) is 0 Å². The molecule has 0 bridgehead atoms. The molecule has 0 atom stereocenters. The zero-order chi connectivity index (χ0) is 15.2. The minimum atomic E-state index is 1.15. The topological polar surface area (TPSA) is 25.8 Å². The third kappa shape index (κ3) is 9.23. The SMILES string of the molecule is CCCCCCCCc1nsnc1CCCCCCCC. The summed E-state index contributed by atoms with van der Waals surface area (Å²) < 4.78 is 9.02. The maximum absolute atomic E-state index is 4.51. The number of nitrogens with zero attached hydrogens (tertiary/aromatic N) is 2. The fraction of sp³-hybridized carbons (Fsp3) is 0.889. The molecule has 1 aromatic rings. The minimum absolute atomic E-state index is 1.15. The van der Waals surface area contributed by atoms with Crippen LogP contribution >= 0.6 is 11.7 Å². The summed E-state index contributed by atoms with van der Waals surface area (Å²) in [6, 6.07) is 0. The van der Waals surface area contributed by atoms with Crippen molar-refractivity contribution in [3.8, 4) is 0 Å². The van der Waals surface area contributed by atoms with Crippen LogP contribution in [0.5, 0.6) is 0 Å². The van der Waals surface area contributed by atoms with Gasteiger partial charge in [0.1, 0.15) is 0 Å². The molecule has 0 aliphatic carbocycles. The van der Waals surface area contributed by atoms with E-state index in [1.165, 1.54) is 100 Å². The van der Waals surface area contributed by atoms with E-state index in [1.807, 2.05) is 0 Å². The second-order valence-corrected chi connectivity index (χ2v) is 6.72. The van der Waals surface area contributed by atoms with Gasteiger partial charge in [-0.3, -0.25) is 0 Å². The first-order valence-corrected chi connectivity index (χ1v) is 9.91. The Kier molecular flexibility index (Phi) is 11.7. The van der Waals surface area contributed by atoms with Crippen LogP contribution in [0.3, 0.4) is 0 Å². The van der Waals surface area contributed by atoms with Gasteiger partial charge >= 0.3 is 0 Å². The van der Waals surface area contributed by atoms with Crippen LogP contribution in [0.4, 0.5) is 0 Å². The highest BCUT2D eigenvalue weighted by atomic mass is 32.1. The smallest absolute Gasteiger partial charge is 0.0775 e. The van der Waals surface area contributed by atoms with E-state index >= 15 is 0 Å². The van der Waals surface area contributed by atoms with Crippen LogP contribution in [0, 0.1) is 0 Å². The van der Waals surface area contributed by atoms with E-state index in [9.17, 15) is 0 Å². The number of hydrogen-bond donors (Lipinski definition) is 0. The van der Waals surface area contributed by atoms with Gasteiger partial charge in [0.05, 0.1) is 23.1 Å². The molecule has 1 rings (SSSR count). The van der Waals surface area contributed by atoms with Crippen LogP contribution in [-0.4, -0.2) is 8.75 Å². The summed E-state index contributed by atoms with van der Waals surface area (Å²) in [4.78, 5) is 0. The van der Waals surface area contributed by atoms with E-state index in [0.29, 0.717) is 0 Å². The highest BCUT2D eigenvalue weighted by Gasteiger charge is 2.07. The number of rotatable bonds is 14. The standard InChI is InChI=1S/C18H34N2S/c1-3-5-7-9-11-13-15-17-18(20-21-19-17)16-14-12-10-8-6-4-2/h3-16H2,1-2H3. The first-order valence-electron chi connectivity index (χ1n) is 9.18. The number of aryl methyl sites for hydroxylation is 2. The quantitative estimate of drug-likeness (QED) is 0.374. The minimum Gasteiger partial charge on any atom is -0.178 e. The molecular formula is C18H34N2S. The van der Waals surface area contributed by atoms with Crippen molar-refractivity contribution in [2.45, 2.75) is 104 Å². The summed E-state index contributed by atoms with van der Waals surface area (Å²) in [5.41, 5.74) is 2.59. The third-order valence-corrected chi connectivity index (χ3v) is 4.77. The lowest BCUT2D eigenvalue weighted by Gasteiger charge is -2.03. The van der Waals surface area contributed by atoms with Crippen molar-refractivity contribution in [2.75, 3.05) is 0 Å². The normalized spacial score (nSPS) is 11.1. The molecule has 0 saturated carbocycles. The second-order valence-electron chi connectivity index (χ2n) is 6.19. The first-order chi connectivity index (χ1) is 10.4. The van der Waals surface area contributed by atoms with Gasteiger partial charge in [-0.15, -0.1) is 0 Å². The van der Waals surface area contributed by atoms with Gasteiger partial charge in [0.2, 0.25) is 0 Å². The molecule has 0 amide bonds. The average molecular weight is 311 g/mol. The van der Waals surface area contributed by atoms with Gasteiger partial charge in [-0.2, -0.15) is 8.75 Å². The zero-order valence-corrected chi connectivity index (χ0v) is 15.0. The van der Waals surface area contributed by atoms with Gasteiger partial charge in [0.25, 0.3) is 0 Å². The van der Waals surface area contributed by atoms with Crippen molar-refractivity contribution in [2.24, 2.45) is 0 Å². The maximum Gasteiger partial charge on any atom is 0.0775 e. The predicted octanol–water partition coefficient (Wildman–Crippen LogP) is 6.34. The Bertz CT molecular complexity index is 305. The van der Waals surface area contributed by atoms with E-state index < -0.39 is 0 Å². The van der Waals surface area contributed by atoms with E-state index in [1.54, 1.807) is 0 Å². The van der Waals surface area contributed by atoms with Crippen molar-refractivity contribution >= 4 is 11.7 Å². The van der Waals surface area contributed by atoms with Gasteiger partial charge in [-0.05, 0) is 25.7 Å². The Balaban J connectivity index is 2.09. The third-order valence-electron chi connectivity index (χ3n) is 4.17. The highest BCUT2D eigenvalue weighted by Crippen LogP contribution is 2.15. The van der Waals surface area contributed by atoms with Crippen LogP contribution in [0.15, 0.2) is 0 Å². The Labute approximate surface area is 136 Å². The molecule has 21 heavy (non-hydrogen) atoms. The van der Waals surface area contributed by atoms with Gasteiger partial charge in [0.15, 0.2) is 0 Å². The Morgan fingerprint density at radius 2 is 0.952 bits per heavy atom. The average Bonchev–Trinajstić information content (AvgIpc) is 2.94. The molecule has 1 heterocycles. The molecule has 1 aromatic heterocycles. The summed E-state index contributed by atoms with van der Waals surface area (Å²) >= 11 is 1.41. The molecule has 0 fully saturated rings. The van der Waals surface area contributed by atoms with Crippen molar-refractivity contribution in [3.05, 3.63) is 11.4 Å². The molecule has 2 nitrogen and oxygen atoms in total. The van der Waals surface area contributed by atoms with Crippen molar-refractivity contribution in [1.82, 2.24) is 8.75 Å². The summed E-state index contributed by atoms with van der Waals surface area (Å²) in [7, 11) is 0. The van der Waals surface area contributed by atoms with Crippen molar-refractivity contribution in [3.63, 3.8) is 0 Å². The molecule has 122 valence electrons. The Morgan fingerprint density at radius 3 is 1.38 bits per heavy atom. The van der Waals surface area contributed by atoms with Crippen LogP contribution in [0.1, 0.15) is 102 Å². The first kappa shape index (κ1) is 18.6. The van der Waals surface area contributed by atoms with Gasteiger partial charge in [0, 0.05) is 0 Å². The van der Waals surface area contributed by atoms with Crippen LogP contribution in [-0.2, 0) is 12.8 Å². The summed E-state index contributed by atoms with van der Waals surface area (Å²) in [5, 5.41) is 0. The lowest BCUT2D eigenvalue weighted by atomic mass is 10.0. The lowest BCUT2D eigenvalue weighted by molar-refractivity contribution is 0.595. The van der Waals surface area contributed by atoms with Crippen LogP contribution < -0.4 is 0 Å².